The van der Waals surface area contributed by atoms with Gasteiger partial charge in [0.05, 0.1) is 7.11 Å². The number of halogens is 1. The zero-order valence-electron chi connectivity index (χ0n) is 13.6. The number of rotatable bonds is 5. The van der Waals surface area contributed by atoms with Crippen LogP contribution in [-0.2, 0) is 0 Å². The molecule has 3 nitrogen and oxygen atoms in total. The molecule has 0 spiro atoms. The van der Waals surface area contributed by atoms with Crippen LogP contribution in [0.4, 0.5) is 0 Å². The zero-order chi connectivity index (χ0) is 16.6. The lowest BCUT2D eigenvalue weighted by Crippen LogP contribution is -2.19. The molecule has 0 saturated heterocycles. The molecule has 2 aromatic carbocycles. The summed E-state index contributed by atoms with van der Waals surface area (Å²) in [4.78, 5) is 2.23. The average Bonchev–Trinajstić information content (AvgIpc) is 3.30. The van der Waals surface area contributed by atoms with Gasteiger partial charge in [-0.05, 0) is 61.6 Å². The summed E-state index contributed by atoms with van der Waals surface area (Å²) in [6.45, 7) is 0. The summed E-state index contributed by atoms with van der Waals surface area (Å²) in [6.07, 6.45) is 0. The highest BCUT2D eigenvalue weighted by atomic mass is 79.9. The van der Waals surface area contributed by atoms with Crippen molar-refractivity contribution in [1.82, 2.24) is 4.90 Å². The van der Waals surface area contributed by atoms with Gasteiger partial charge < -0.3 is 15.0 Å². The Labute approximate surface area is 145 Å². The van der Waals surface area contributed by atoms with Crippen LogP contribution in [0.15, 0.2) is 53.0 Å². The Kier molecular flexibility index (Phi) is 4.55. The number of nitrogens with one attached hydrogen (secondary N) is 1. The fourth-order valence-electron chi connectivity index (χ4n) is 3.37. The molecule has 23 heavy (non-hydrogen) atoms. The lowest BCUT2D eigenvalue weighted by atomic mass is 10.0. The van der Waals surface area contributed by atoms with E-state index in [4.69, 9.17) is 10.1 Å². The van der Waals surface area contributed by atoms with Crippen LogP contribution < -0.4 is 4.74 Å². The van der Waals surface area contributed by atoms with E-state index in [1.165, 1.54) is 5.56 Å². The van der Waals surface area contributed by atoms with Gasteiger partial charge >= 0.3 is 0 Å². The van der Waals surface area contributed by atoms with Gasteiger partial charge in [-0.15, -0.1) is 0 Å². The Bertz CT molecular complexity index is 712. The van der Waals surface area contributed by atoms with Crippen molar-refractivity contribution >= 4 is 21.6 Å². The number of hydrogen-bond acceptors (Lipinski definition) is 3. The average molecular weight is 373 g/mol. The van der Waals surface area contributed by atoms with Crippen molar-refractivity contribution in [3.8, 4) is 5.75 Å². The van der Waals surface area contributed by atoms with Crippen LogP contribution in [0.5, 0.6) is 5.75 Å². The van der Waals surface area contributed by atoms with E-state index in [0.29, 0.717) is 17.7 Å². The minimum Gasteiger partial charge on any atom is -0.497 e. The standard InChI is InChI=1S/C19H21BrN2O/c1-22(2)19-16(13-5-4-6-14(20)11-13)17(19)18(21)12-7-9-15(23-3)10-8-12/h4-11,16-17,19,21H,1-3H3/t16-,17?,19+/m0/s1. The van der Waals surface area contributed by atoms with Crippen molar-refractivity contribution in [3.05, 3.63) is 64.1 Å². The molecule has 0 aliphatic heterocycles. The summed E-state index contributed by atoms with van der Waals surface area (Å²) < 4.78 is 6.30. The van der Waals surface area contributed by atoms with Crippen LogP contribution in [-0.4, -0.2) is 37.9 Å². The lowest BCUT2D eigenvalue weighted by molar-refractivity contribution is 0.384. The van der Waals surface area contributed by atoms with Crippen LogP contribution >= 0.6 is 15.9 Å². The highest BCUT2D eigenvalue weighted by molar-refractivity contribution is 9.10. The highest BCUT2D eigenvalue weighted by Gasteiger charge is 2.54. The maximum Gasteiger partial charge on any atom is 0.118 e. The molecule has 2 aromatic rings. The molecular formula is C19H21BrN2O. The van der Waals surface area contributed by atoms with E-state index < -0.39 is 0 Å². The topological polar surface area (TPSA) is 36.3 Å². The molecule has 1 saturated carbocycles. The number of benzene rings is 2. The summed E-state index contributed by atoms with van der Waals surface area (Å²) in [5.41, 5.74) is 2.97. The quantitative estimate of drug-likeness (QED) is 0.799. The molecule has 4 heteroatoms. The van der Waals surface area contributed by atoms with E-state index in [1.54, 1.807) is 7.11 Å². The molecule has 3 rings (SSSR count). The molecule has 0 bridgehead atoms. The Hall–Kier alpha value is -1.65. The smallest absolute Gasteiger partial charge is 0.118 e. The van der Waals surface area contributed by atoms with Gasteiger partial charge in [-0.25, -0.2) is 0 Å². The van der Waals surface area contributed by atoms with E-state index in [2.05, 4.69) is 53.1 Å². The summed E-state index contributed by atoms with van der Waals surface area (Å²) in [5.74, 6) is 1.43. The van der Waals surface area contributed by atoms with Gasteiger partial charge in [0, 0.05) is 28.1 Å². The number of nitrogens with zero attached hydrogens (tertiary/aromatic N) is 1. The third-order valence-corrected chi connectivity index (χ3v) is 5.04. The number of ether oxygens (including phenoxy) is 1. The minimum atomic E-state index is 0.229. The predicted molar refractivity (Wildman–Crippen MR) is 97.7 cm³/mol. The first-order valence-corrected chi connectivity index (χ1v) is 8.47. The third kappa shape index (κ3) is 3.19. The zero-order valence-corrected chi connectivity index (χ0v) is 15.2. The van der Waals surface area contributed by atoms with Crippen molar-refractivity contribution < 1.29 is 4.74 Å². The van der Waals surface area contributed by atoms with E-state index in [0.717, 1.165) is 15.8 Å². The third-order valence-electron chi connectivity index (χ3n) is 4.55. The first kappa shape index (κ1) is 16.2. The minimum absolute atomic E-state index is 0.229. The molecule has 0 amide bonds. The number of likely N-dealkylation sites (N-methyl/N-ethyl adjacent to an activating group) is 1. The Morgan fingerprint density at radius 3 is 2.39 bits per heavy atom. The molecule has 1 fully saturated rings. The highest BCUT2D eigenvalue weighted by Crippen LogP contribution is 2.52. The Morgan fingerprint density at radius 2 is 1.83 bits per heavy atom. The molecule has 120 valence electrons. The van der Waals surface area contributed by atoms with Crippen molar-refractivity contribution in [1.29, 1.82) is 5.41 Å². The normalized spacial score (nSPS) is 22.9. The lowest BCUT2D eigenvalue weighted by Gasteiger charge is -2.10. The van der Waals surface area contributed by atoms with E-state index in [-0.39, 0.29) is 5.92 Å². The first-order valence-electron chi connectivity index (χ1n) is 7.67. The predicted octanol–water partition coefficient (Wildman–Crippen LogP) is 4.17. The molecule has 0 aromatic heterocycles. The van der Waals surface area contributed by atoms with Gasteiger partial charge in [0.2, 0.25) is 0 Å². The molecule has 1 N–H and O–H groups in total. The monoisotopic (exact) mass is 372 g/mol. The molecule has 3 atom stereocenters. The second-order valence-electron chi connectivity index (χ2n) is 6.20. The molecular weight excluding hydrogens is 352 g/mol. The van der Waals surface area contributed by atoms with Crippen molar-refractivity contribution in [2.75, 3.05) is 21.2 Å². The van der Waals surface area contributed by atoms with E-state index >= 15 is 0 Å². The molecule has 1 aliphatic carbocycles. The first-order chi connectivity index (χ1) is 11.0. The SMILES string of the molecule is COc1ccc(C(=N)C2[C@H](c3cccc(Br)c3)[C@H]2N(C)C)cc1. The van der Waals surface area contributed by atoms with Crippen LogP contribution in [0.2, 0.25) is 0 Å². The van der Waals surface area contributed by atoms with Gasteiger partial charge in [-0.2, -0.15) is 0 Å². The fourth-order valence-corrected chi connectivity index (χ4v) is 3.79. The van der Waals surface area contributed by atoms with Crippen LogP contribution in [0.1, 0.15) is 17.0 Å². The summed E-state index contributed by atoms with van der Waals surface area (Å²) >= 11 is 3.55. The molecule has 1 unspecified atom stereocenters. The number of hydrogen-bond donors (Lipinski definition) is 1. The van der Waals surface area contributed by atoms with Crippen LogP contribution in [0.3, 0.4) is 0 Å². The molecule has 0 heterocycles. The van der Waals surface area contributed by atoms with Crippen LogP contribution in [0, 0.1) is 11.3 Å². The van der Waals surface area contributed by atoms with Gasteiger partial charge in [0.25, 0.3) is 0 Å². The maximum absolute atomic E-state index is 8.65. The molecule has 1 aliphatic rings. The fraction of sp³-hybridized carbons (Fsp3) is 0.316. The van der Waals surface area contributed by atoms with Crippen molar-refractivity contribution in [3.63, 3.8) is 0 Å². The summed E-state index contributed by atoms with van der Waals surface area (Å²) in [5, 5.41) is 8.65. The largest absolute Gasteiger partial charge is 0.497 e. The second-order valence-corrected chi connectivity index (χ2v) is 7.12. The van der Waals surface area contributed by atoms with Crippen molar-refractivity contribution in [2.45, 2.75) is 12.0 Å². The summed E-state index contributed by atoms with van der Waals surface area (Å²) in [7, 11) is 5.85. The number of methoxy groups -OCH3 is 1. The maximum atomic E-state index is 8.65. The van der Waals surface area contributed by atoms with E-state index in [1.807, 2.05) is 30.3 Å². The Morgan fingerprint density at radius 1 is 1.13 bits per heavy atom. The van der Waals surface area contributed by atoms with Crippen LogP contribution in [0.25, 0.3) is 0 Å². The Balaban J connectivity index is 1.86. The second kappa shape index (κ2) is 6.46. The van der Waals surface area contributed by atoms with Crippen molar-refractivity contribution in [2.24, 2.45) is 5.92 Å². The summed E-state index contributed by atoms with van der Waals surface area (Å²) in [6, 6.07) is 16.6. The van der Waals surface area contributed by atoms with Gasteiger partial charge in [-0.3, -0.25) is 0 Å². The van der Waals surface area contributed by atoms with Gasteiger partial charge in [0.15, 0.2) is 0 Å². The molecule has 0 radical (unpaired) electrons. The van der Waals surface area contributed by atoms with Gasteiger partial charge in [-0.1, -0.05) is 28.1 Å². The van der Waals surface area contributed by atoms with E-state index in [9.17, 15) is 0 Å². The van der Waals surface area contributed by atoms with Gasteiger partial charge in [0.1, 0.15) is 5.75 Å².